The third-order valence-electron chi connectivity index (χ3n) is 2.45. The van der Waals surface area contributed by atoms with Crippen LogP contribution in [-0.4, -0.2) is 17.0 Å². The molecule has 1 aromatic carbocycles. The Labute approximate surface area is 94.8 Å². The number of rotatable bonds is 3. The van der Waals surface area contributed by atoms with E-state index in [0.717, 1.165) is 17.1 Å². The normalized spacial score (nSPS) is 10.1. The van der Waals surface area contributed by atoms with Gasteiger partial charge in [0.2, 0.25) is 0 Å². The number of hydrogen-bond acceptors (Lipinski definition) is 4. The van der Waals surface area contributed by atoms with Crippen molar-refractivity contribution in [3.8, 4) is 0 Å². The van der Waals surface area contributed by atoms with Gasteiger partial charge < -0.3 is 10.6 Å². The summed E-state index contributed by atoms with van der Waals surface area (Å²) in [4.78, 5) is 10.2. The molecule has 0 saturated heterocycles. The lowest BCUT2D eigenvalue weighted by Crippen LogP contribution is -2.15. The zero-order valence-electron chi connectivity index (χ0n) is 9.17. The minimum absolute atomic E-state index is 0.438. The number of para-hydroxylation sites is 1. The summed E-state index contributed by atoms with van der Waals surface area (Å²) in [5.74, 6) is 0.851. The maximum atomic E-state index is 5.66. The molecule has 2 rings (SSSR count). The van der Waals surface area contributed by atoms with Gasteiger partial charge in [-0.1, -0.05) is 18.2 Å². The summed E-state index contributed by atoms with van der Waals surface area (Å²) in [7, 11) is 1.97. The van der Waals surface area contributed by atoms with Crippen LogP contribution >= 0.6 is 0 Å². The highest BCUT2D eigenvalue weighted by Gasteiger charge is 2.09. The van der Waals surface area contributed by atoms with Crippen LogP contribution in [0.5, 0.6) is 0 Å². The van der Waals surface area contributed by atoms with Crippen molar-refractivity contribution < 1.29 is 0 Å². The molecule has 0 spiro atoms. The first-order valence-electron chi connectivity index (χ1n) is 5.10. The Balaban J connectivity index is 2.37. The minimum atomic E-state index is 0.438. The summed E-state index contributed by atoms with van der Waals surface area (Å²) < 4.78 is 0. The predicted octanol–water partition coefficient (Wildman–Crippen LogP) is 1.70. The lowest BCUT2D eigenvalue weighted by molar-refractivity contribution is 0.975. The maximum Gasteiger partial charge on any atom is 0.140 e. The van der Waals surface area contributed by atoms with Gasteiger partial charge in [0.15, 0.2) is 0 Å². The van der Waals surface area contributed by atoms with Crippen LogP contribution < -0.4 is 10.6 Å². The Morgan fingerprint density at radius 3 is 2.69 bits per heavy atom. The van der Waals surface area contributed by atoms with E-state index in [0.29, 0.717) is 6.54 Å². The number of anilines is 2. The summed E-state index contributed by atoms with van der Waals surface area (Å²) >= 11 is 0. The van der Waals surface area contributed by atoms with E-state index >= 15 is 0 Å². The monoisotopic (exact) mass is 214 g/mol. The highest BCUT2D eigenvalue weighted by atomic mass is 15.2. The molecular weight excluding hydrogens is 200 g/mol. The minimum Gasteiger partial charge on any atom is -0.329 e. The first-order valence-corrected chi connectivity index (χ1v) is 5.10. The third kappa shape index (κ3) is 2.01. The molecule has 2 aromatic rings. The van der Waals surface area contributed by atoms with Gasteiger partial charge in [-0.15, -0.1) is 0 Å². The quantitative estimate of drug-likeness (QED) is 0.845. The van der Waals surface area contributed by atoms with Crippen LogP contribution in [0.15, 0.2) is 42.9 Å². The second-order valence-electron chi connectivity index (χ2n) is 3.47. The molecule has 0 aliphatic heterocycles. The summed E-state index contributed by atoms with van der Waals surface area (Å²) in [5, 5.41) is 0. The third-order valence-corrected chi connectivity index (χ3v) is 2.45. The van der Waals surface area contributed by atoms with E-state index in [-0.39, 0.29) is 0 Å². The molecule has 1 aromatic heterocycles. The standard InChI is InChI=1S/C12H14N4/c1-16(11-5-3-2-4-6-11)12-10(7-13)8-14-9-15-12/h2-6,8-9H,7,13H2,1H3. The molecule has 0 unspecified atom stereocenters. The number of aromatic nitrogens is 2. The molecule has 0 aliphatic rings. The molecule has 4 nitrogen and oxygen atoms in total. The zero-order chi connectivity index (χ0) is 11.4. The van der Waals surface area contributed by atoms with Crippen LogP contribution in [-0.2, 0) is 6.54 Å². The van der Waals surface area contributed by atoms with Crippen molar-refractivity contribution in [1.29, 1.82) is 0 Å². The van der Waals surface area contributed by atoms with E-state index in [4.69, 9.17) is 5.73 Å². The van der Waals surface area contributed by atoms with Gasteiger partial charge in [0.1, 0.15) is 12.1 Å². The molecule has 0 bridgehead atoms. The second-order valence-corrected chi connectivity index (χ2v) is 3.47. The van der Waals surface area contributed by atoms with E-state index < -0.39 is 0 Å². The summed E-state index contributed by atoms with van der Waals surface area (Å²) in [5.41, 5.74) is 7.68. The number of nitrogens with two attached hydrogens (primary N) is 1. The van der Waals surface area contributed by atoms with Crippen molar-refractivity contribution in [3.63, 3.8) is 0 Å². The van der Waals surface area contributed by atoms with Crippen molar-refractivity contribution in [2.45, 2.75) is 6.54 Å². The van der Waals surface area contributed by atoms with E-state index in [1.165, 1.54) is 6.33 Å². The molecule has 0 saturated carbocycles. The van der Waals surface area contributed by atoms with Gasteiger partial charge >= 0.3 is 0 Å². The molecule has 82 valence electrons. The average molecular weight is 214 g/mol. The van der Waals surface area contributed by atoms with E-state index in [2.05, 4.69) is 9.97 Å². The van der Waals surface area contributed by atoms with Gasteiger partial charge in [-0.25, -0.2) is 9.97 Å². The van der Waals surface area contributed by atoms with E-state index in [9.17, 15) is 0 Å². The van der Waals surface area contributed by atoms with E-state index in [1.54, 1.807) is 6.20 Å². The molecule has 0 radical (unpaired) electrons. The number of hydrogen-bond donors (Lipinski definition) is 1. The molecule has 2 N–H and O–H groups in total. The summed E-state index contributed by atoms with van der Waals surface area (Å²) in [6.45, 7) is 0.438. The van der Waals surface area contributed by atoms with Gasteiger partial charge in [-0.2, -0.15) is 0 Å². The Bertz CT molecular complexity index is 456. The van der Waals surface area contributed by atoms with Crippen molar-refractivity contribution in [2.24, 2.45) is 5.73 Å². The SMILES string of the molecule is CN(c1ccccc1)c1ncncc1CN. The van der Waals surface area contributed by atoms with Gasteiger partial charge in [0, 0.05) is 31.0 Å². The molecule has 0 aliphatic carbocycles. The van der Waals surface area contributed by atoms with Gasteiger partial charge in [0.25, 0.3) is 0 Å². The van der Waals surface area contributed by atoms with Crippen LogP contribution in [0.1, 0.15) is 5.56 Å². The molecule has 0 atom stereocenters. The summed E-state index contributed by atoms with van der Waals surface area (Å²) in [6, 6.07) is 10.0. The summed E-state index contributed by atoms with van der Waals surface area (Å²) in [6.07, 6.45) is 3.29. The molecule has 1 heterocycles. The Morgan fingerprint density at radius 1 is 1.25 bits per heavy atom. The van der Waals surface area contributed by atoms with Crippen molar-refractivity contribution in [1.82, 2.24) is 9.97 Å². The van der Waals surface area contributed by atoms with Crippen LogP contribution in [0.2, 0.25) is 0 Å². The fraction of sp³-hybridized carbons (Fsp3) is 0.167. The molecule has 0 fully saturated rings. The van der Waals surface area contributed by atoms with Crippen LogP contribution in [0.3, 0.4) is 0 Å². The second kappa shape index (κ2) is 4.72. The van der Waals surface area contributed by atoms with E-state index in [1.807, 2.05) is 42.3 Å². The Morgan fingerprint density at radius 2 is 2.00 bits per heavy atom. The van der Waals surface area contributed by atoms with Gasteiger partial charge in [0.05, 0.1) is 0 Å². The lowest BCUT2D eigenvalue weighted by atomic mass is 10.2. The topological polar surface area (TPSA) is 55.0 Å². The fourth-order valence-corrected chi connectivity index (χ4v) is 1.57. The Hall–Kier alpha value is -1.94. The molecule has 4 heteroatoms. The first kappa shape index (κ1) is 10.6. The maximum absolute atomic E-state index is 5.66. The van der Waals surface area contributed by atoms with Crippen molar-refractivity contribution in [2.75, 3.05) is 11.9 Å². The molecule has 0 amide bonds. The van der Waals surface area contributed by atoms with Gasteiger partial charge in [-0.3, -0.25) is 0 Å². The largest absolute Gasteiger partial charge is 0.329 e. The van der Waals surface area contributed by atoms with Crippen LogP contribution in [0.4, 0.5) is 11.5 Å². The number of benzene rings is 1. The predicted molar refractivity (Wildman–Crippen MR) is 64.4 cm³/mol. The van der Waals surface area contributed by atoms with Gasteiger partial charge in [-0.05, 0) is 12.1 Å². The highest BCUT2D eigenvalue weighted by molar-refractivity contribution is 5.61. The average Bonchev–Trinajstić information content (AvgIpc) is 2.39. The zero-order valence-corrected chi connectivity index (χ0v) is 9.17. The Kier molecular flexibility index (Phi) is 3.12. The fourth-order valence-electron chi connectivity index (χ4n) is 1.57. The highest BCUT2D eigenvalue weighted by Crippen LogP contribution is 2.23. The molecular formula is C12H14N4. The van der Waals surface area contributed by atoms with Crippen LogP contribution in [0.25, 0.3) is 0 Å². The lowest BCUT2D eigenvalue weighted by Gasteiger charge is -2.20. The number of nitrogens with zero attached hydrogens (tertiary/aromatic N) is 3. The first-order chi connectivity index (χ1) is 7.83. The smallest absolute Gasteiger partial charge is 0.140 e. The van der Waals surface area contributed by atoms with Crippen molar-refractivity contribution in [3.05, 3.63) is 48.4 Å². The molecule has 16 heavy (non-hydrogen) atoms. The van der Waals surface area contributed by atoms with Crippen molar-refractivity contribution >= 4 is 11.5 Å². The van der Waals surface area contributed by atoms with Crippen LogP contribution in [0, 0.1) is 0 Å².